The molecular weight excluding hydrogens is 369 g/mol. The molecule has 4 rings (SSSR count). The van der Waals surface area contributed by atoms with E-state index < -0.39 is 11.7 Å². The molecule has 8 heteroatoms. The van der Waals surface area contributed by atoms with Gasteiger partial charge in [-0.25, -0.2) is 14.4 Å². The molecule has 1 aliphatic heterocycles. The van der Waals surface area contributed by atoms with Gasteiger partial charge in [-0.1, -0.05) is 17.7 Å². The van der Waals surface area contributed by atoms with Crippen LogP contribution in [0, 0.1) is 26.6 Å². The first-order valence-corrected chi connectivity index (χ1v) is 8.89. The summed E-state index contributed by atoms with van der Waals surface area (Å²) in [5.41, 5.74) is 3.27. The first-order chi connectivity index (χ1) is 12.8. The van der Waals surface area contributed by atoms with E-state index in [0.29, 0.717) is 23.0 Å². The predicted octanol–water partition coefficient (Wildman–Crippen LogP) is 3.85. The zero-order chi connectivity index (χ0) is 19.3. The zero-order valence-electron chi connectivity index (χ0n) is 15.0. The number of aromatic nitrogens is 4. The number of hydrogen-bond acceptors (Lipinski definition) is 4. The smallest absolute Gasteiger partial charge is 0.252 e. The molecular formula is C19H17ClFN5O. The summed E-state index contributed by atoms with van der Waals surface area (Å²) in [7, 11) is 0. The van der Waals surface area contributed by atoms with Crippen molar-refractivity contribution >= 4 is 23.3 Å². The normalized spacial score (nSPS) is 16.2. The lowest BCUT2D eigenvalue weighted by Gasteiger charge is -2.25. The van der Waals surface area contributed by atoms with Gasteiger partial charge in [0.15, 0.2) is 0 Å². The van der Waals surface area contributed by atoms with Gasteiger partial charge in [-0.05, 0) is 39.0 Å². The SMILES string of the molecule is Cc1cc(C)nc(-n2nc(C)c3c2NC(=O)C[C@@H]3c2c(F)cccc2Cl)n1. The molecule has 1 aromatic carbocycles. The van der Waals surface area contributed by atoms with Crippen molar-refractivity contribution in [1.29, 1.82) is 0 Å². The molecule has 0 fully saturated rings. The molecule has 2 aromatic heterocycles. The fraction of sp³-hybridized carbons (Fsp3) is 0.263. The monoisotopic (exact) mass is 385 g/mol. The second-order valence-corrected chi connectivity index (χ2v) is 7.06. The van der Waals surface area contributed by atoms with E-state index in [4.69, 9.17) is 11.6 Å². The number of benzene rings is 1. The summed E-state index contributed by atoms with van der Waals surface area (Å²) in [6, 6.07) is 6.37. The van der Waals surface area contributed by atoms with Gasteiger partial charge in [0, 0.05) is 39.9 Å². The van der Waals surface area contributed by atoms with E-state index >= 15 is 0 Å². The molecule has 0 saturated heterocycles. The molecule has 0 aliphatic carbocycles. The number of fused-ring (bicyclic) bond motifs is 1. The highest BCUT2D eigenvalue weighted by Crippen LogP contribution is 2.43. The number of nitrogens with one attached hydrogen (secondary N) is 1. The fourth-order valence-corrected chi connectivity index (χ4v) is 3.88. The number of halogens is 2. The van der Waals surface area contributed by atoms with Crippen LogP contribution in [-0.4, -0.2) is 25.7 Å². The molecule has 0 bridgehead atoms. The van der Waals surface area contributed by atoms with Crippen LogP contribution in [0.1, 0.15) is 40.5 Å². The molecule has 0 unspecified atom stereocenters. The van der Waals surface area contributed by atoms with Crippen LogP contribution in [0.3, 0.4) is 0 Å². The lowest BCUT2D eigenvalue weighted by atomic mass is 9.85. The molecule has 138 valence electrons. The van der Waals surface area contributed by atoms with Crippen LogP contribution >= 0.6 is 11.6 Å². The third kappa shape index (κ3) is 2.98. The Morgan fingerprint density at radius 2 is 1.89 bits per heavy atom. The Balaban J connectivity index is 1.94. The number of carbonyl (C=O) groups is 1. The van der Waals surface area contributed by atoms with Crippen molar-refractivity contribution in [3.63, 3.8) is 0 Å². The van der Waals surface area contributed by atoms with Crippen molar-refractivity contribution in [3.05, 3.63) is 63.3 Å². The van der Waals surface area contributed by atoms with Crippen LogP contribution in [0.15, 0.2) is 24.3 Å². The van der Waals surface area contributed by atoms with Crippen molar-refractivity contribution in [2.75, 3.05) is 5.32 Å². The van der Waals surface area contributed by atoms with E-state index in [9.17, 15) is 9.18 Å². The van der Waals surface area contributed by atoms with Gasteiger partial charge in [0.2, 0.25) is 5.91 Å². The van der Waals surface area contributed by atoms with Gasteiger partial charge in [-0.2, -0.15) is 9.78 Å². The Hall–Kier alpha value is -2.80. The lowest BCUT2D eigenvalue weighted by Crippen LogP contribution is -2.26. The zero-order valence-corrected chi connectivity index (χ0v) is 15.8. The van der Waals surface area contributed by atoms with E-state index in [1.165, 1.54) is 10.7 Å². The molecule has 1 amide bonds. The first-order valence-electron chi connectivity index (χ1n) is 8.51. The average molecular weight is 386 g/mol. The van der Waals surface area contributed by atoms with Crippen LogP contribution in [0.5, 0.6) is 0 Å². The molecule has 3 heterocycles. The number of nitrogens with zero attached hydrogens (tertiary/aromatic N) is 4. The molecule has 6 nitrogen and oxygen atoms in total. The average Bonchev–Trinajstić information content (AvgIpc) is 2.90. The standard InChI is InChI=1S/C19H17ClFN5O/c1-9-7-10(2)23-19(22-9)26-18-16(11(3)25-26)12(8-15(27)24-18)17-13(20)5-4-6-14(17)21/h4-7,12H,8H2,1-3H3,(H,24,27)/t12-/m0/s1. The number of anilines is 1. The van der Waals surface area contributed by atoms with E-state index in [1.54, 1.807) is 12.1 Å². The molecule has 1 aliphatic rings. The fourth-order valence-electron chi connectivity index (χ4n) is 3.58. The number of amides is 1. The maximum Gasteiger partial charge on any atom is 0.252 e. The minimum absolute atomic E-state index is 0.0912. The summed E-state index contributed by atoms with van der Waals surface area (Å²) in [6.07, 6.45) is 0.0912. The van der Waals surface area contributed by atoms with E-state index in [0.717, 1.165) is 17.0 Å². The molecule has 0 radical (unpaired) electrons. The second kappa shape index (κ2) is 6.42. The Labute approximate surface area is 160 Å². The number of carbonyl (C=O) groups excluding carboxylic acids is 1. The first kappa shape index (κ1) is 17.6. The maximum absolute atomic E-state index is 14.6. The minimum Gasteiger partial charge on any atom is -0.310 e. The molecule has 1 N–H and O–H groups in total. The molecule has 27 heavy (non-hydrogen) atoms. The summed E-state index contributed by atoms with van der Waals surface area (Å²) in [6.45, 7) is 5.54. The number of rotatable bonds is 2. The third-order valence-corrected chi connectivity index (χ3v) is 4.94. The Morgan fingerprint density at radius 3 is 2.56 bits per heavy atom. The molecule has 1 atom stereocenters. The van der Waals surface area contributed by atoms with Crippen molar-refractivity contribution in [2.45, 2.75) is 33.1 Å². The third-order valence-electron chi connectivity index (χ3n) is 4.61. The highest BCUT2D eigenvalue weighted by molar-refractivity contribution is 6.31. The molecule has 0 spiro atoms. The van der Waals surface area contributed by atoms with Crippen molar-refractivity contribution < 1.29 is 9.18 Å². The lowest BCUT2D eigenvalue weighted by molar-refractivity contribution is -0.116. The Morgan fingerprint density at radius 1 is 1.19 bits per heavy atom. The van der Waals surface area contributed by atoms with Crippen LogP contribution in [0.4, 0.5) is 10.2 Å². The molecule has 0 saturated carbocycles. The van der Waals surface area contributed by atoms with Gasteiger partial charge < -0.3 is 5.32 Å². The van der Waals surface area contributed by atoms with E-state index in [1.807, 2.05) is 26.8 Å². The highest BCUT2D eigenvalue weighted by Gasteiger charge is 2.35. The predicted molar refractivity (Wildman–Crippen MR) is 99.9 cm³/mol. The van der Waals surface area contributed by atoms with Crippen molar-refractivity contribution in [1.82, 2.24) is 19.7 Å². The van der Waals surface area contributed by atoms with Gasteiger partial charge in [0.05, 0.1) is 5.69 Å². The van der Waals surface area contributed by atoms with Gasteiger partial charge >= 0.3 is 0 Å². The van der Waals surface area contributed by atoms with Crippen LogP contribution < -0.4 is 5.32 Å². The quantitative estimate of drug-likeness (QED) is 0.727. The maximum atomic E-state index is 14.6. The van der Waals surface area contributed by atoms with Crippen molar-refractivity contribution in [3.8, 4) is 5.95 Å². The topological polar surface area (TPSA) is 72.7 Å². The highest BCUT2D eigenvalue weighted by atomic mass is 35.5. The van der Waals surface area contributed by atoms with E-state index in [-0.39, 0.29) is 17.4 Å². The molecule has 3 aromatic rings. The second-order valence-electron chi connectivity index (χ2n) is 6.65. The number of hydrogen-bond donors (Lipinski definition) is 1. The largest absolute Gasteiger partial charge is 0.310 e. The van der Waals surface area contributed by atoms with Gasteiger partial charge in [0.1, 0.15) is 11.6 Å². The minimum atomic E-state index is -0.526. The van der Waals surface area contributed by atoms with Gasteiger partial charge in [-0.3, -0.25) is 4.79 Å². The Bertz CT molecular complexity index is 1040. The summed E-state index contributed by atoms with van der Waals surface area (Å²) in [5, 5.41) is 7.65. The van der Waals surface area contributed by atoms with Crippen LogP contribution in [0.25, 0.3) is 5.95 Å². The number of aryl methyl sites for hydroxylation is 3. The Kier molecular flexibility index (Phi) is 4.19. The van der Waals surface area contributed by atoms with Crippen molar-refractivity contribution in [2.24, 2.45) is 0 Å². The van der Waals surface area contributed by atoms with Gasteiger partial charge in [0.25, 0.3) is 5.95 Å². The summed E-state index contributed by atoms with van der Waals surface area (Å²) >= 11 is 6.27. The summed E-state index contributed by atoms with van der Waals surface area (Å²) in [5.74, 6) is -0.391. The van der Waals surface area contributed by atoms with E-state index in [2.05, 4.69) is 20.4 Å². The summed E-state index contributed by atoms with van der Waals surface area (Å²) in [4.78, 5) is 21.2. The van der Waals surface area contributed by atoms with Gasteiger partial charge in [-0.15, -0.1) is 0 Å². The van der Waals surface area contributed by atoms with Crippen LogP contribution in [-0.2, 0) is 4.79 Å². The summed E-state index contributed by atoms with van der Waals surface area (Å²) < 4.78 is 16.1. The van der Waals surface area contributed by atoms with Crippen LogP contribution in [0.2, 0.25) is 5.02 Å².